The number of nitrogens with one attached hydrogen (secondary N) is 1. The van der Waals surface area contributed by atoms with Crippen molar-refractivity contribution < 1.29 is 26.3 Å². The van der Waals surface area contributed by atoms with Crippen LogP contribution >= 0.6 is 0 Å². The van der Waals surface area contributed by atoms with E-state index in [0.717, 1.165) is 18.2 Å². The zero-order valence-corrected chi connectivity index (χ0v) is 15.7. The molecule has 0 unspecified atom stereocenters. The summed E-state index contributed by atoms with van der Waals surface area (Å²) in [6.07, 6.45) is -8.83. The third kappa shape index (κ3) is 4.23. The summed E-state index contributed by atoms with van der Waals surface area (Å²) in [7, 11) is 0. The molecule has 4 nitrogen and oxygen atoms in total. The van der Waals surface area contributed by atoms with E-state index in [0.29, 0.717) is 43.2 Å². The van der Waals surface area contributed by atoms with Gasteiger partial charge in [0.2, 0.25) is 5.95 Å². The number of fused-ring (bicyclic) bond motifs is 1. The number of benzene rings is 2. The van der Waals surface area contributed by atoms with Crippen molar-refractivity contribution in [1.29, 1.82) is 0 Å². The second kappa shape index (κ2) is 7.50. The fraction of sp³-hybridized carbons (Fsp3) is 0.350. The van der Waals surface area contributed by atoms with Gasteiger partial charge in [-0.15, -0.1) is 0 Å². The summed E-state index contributed by atoms with van der Waals surface area (Å²) in [5.41, 5.74) is -0.439. The number of aromatic nitrogens is 2. The zero-order valence-electron chi connectivity index (χ0n) is 15.7. The van der Waals surface area contributed by atoms with Crippen LogP contribution in [0.1, 0.15) is 16.7 Å². The lowest BCUT2D eigenvalue weighted by Gasteiger charge is -2.35. The number of H-pyrrole nitrogens is 1. The Morgan fingerprint density at radius 3 is 2.23 bits per heavy atom. The molecular formula is C20H18F6N4. The van der Waals surface area contributed by atoms with Crippen LogP contribution in [0.5, 0.6) is 0 Å². The molecule has 1 aliphatic rings. The topological polar surface area (TPSA) is 35.2 Å². The molecule has 0 atom stereocenters. The first-order valence-corrected chi connectivity index (χ1v) is 9.30. The minimum absolute atomic E-state index is 0.179. The predicted molar refractivity (Wildman–Crippen MR) is 100 cm³/mol. The van der Waals surface area contributed by atoms with Crippen molar-refractivity contribution in [2.45, 2.75) is 18.9 Å². The normalized spacial score (nSPS) is 16.4. The monoisotopic (exact) mass is 428 g/mol. The van der Waals surface area contributed by atoms with Crippen LogP contribution < -0.4 is 4.90 Å². The molecule has 30 heavy (non-hydrogen) atoms. The molecule has 1 fully saturated rings. The number of anilines is 1. The summed E-state index contributed by atoms with van der Waals surface area (Å²) < 4.78 is 78.2. The number of hydrogen-bond donors (Lipinski definition) is 1. The van der Waals surface area contributed by atoms with Crippen LogP contribution in [-0.4, -0.2) is 41.0 Å². The molecule has 0 spiro atoms. The largest absolute Gasteiger partial charge is 0.416 e. The smallest absolute Gasteiger partial charge is 0.340 e. The number of nitrogens with zero attached hydrogens (tertiary/aromatic N) is 3. The Morgan fingerprint density at radius 2 is 1.57 bits per heavy atom. The van der Waals surface area contributed by atoms with Crippen LogP contribution in [0.15, 0.2) is 42.5 Å². The lowest BCUT2D eigenvalue weighted by atomic mass is 10.1. The van der Waals surface area contributed by atoms with Gasteiger partial charge in [0, 0.05) is 32.7 Å². The second-order valence-electron chi connectivity index (χ2n) is 7.21. The lowest BCUT2D eigenvalue weighted by Crippen LogP contribution is -2.46. The van der Waals surface area contributed by atoms with Gasteiger partial charge in [-0.25, -0.2) is 4.98 Å². The summed E-state index contributed by atoms with van der Waals surface area (Å²) in [4.78, 5) is 11.1. The van der Waals surface area contributed by atoms with Crippen molar-refractivity contribution >= 4 is 17.0 Å². The molecule has 1 aromatic heterocycles. The van der Waals surface area contributed by atoms with Gasteiger partial charge in [-0.2, -0.15) is 26.3 Å². The minimum Gasteiger partial charge on any atom is -0.340 e. The van der Waals surface area contributed by atoms with E-state index < -0.39 is 23.5 Å². The first-order chi connectivity index (χ1) is 14.1. The fourth-order valence-corrected chi connectivity index (χ4v) is 3.62. The van der Waals surface area contributed by atoms with Gasteiger partial charge in [-0.1, -0.05) is 18.2 Å². The Bertz CT molecular complexity index is 1030. The molecule has 1 aliphatic heterocycles. The van der Waals surface area contributed by atoms with Crippen LogP contribution in [0.3, 0.4) is 0 Å². The number of rotatable bonds is 3. The Balaban J connectivity index is 1.44. The molecule has 1 saturated heterocycles. The average Bonchev–Trinajstić information content (AvgIpc) is 3.11. The van der Waals surface area contributed by atoms with Gasteiger partial charge in [0.1, 0.15) is 0 Å². The summed E-state index contributed by atoms with van der Waals surface area (Å²) in [6.45, 7) is 2.20. The number of halogens is 6. The Hall–Kier alpha value is -2.75. The van der Waals surface area contributed by atoms with E-state index in [4.69, 9.17) is 0 Å². The second-order valence-corrected chi connectivity index (χ2v) is 7.21. The maximum Gasteiger partial charge on any atom is 0.416 e. The van der Waals surface area contributed by atoms with Crippen LogP contribution in [0.25, 0.3) is 11.0 Å². The quantitative estimate of drug-likeness (QED) is 0.602. The van der Waals surface area contributed by atoms with Crippen molar-refractivity contribution in [1.82, 2.24) is 14.9 Å². The van der Waals surface area contributed by atoms with Gasteiger partial charge in [0.25, 0.3) is 0 Å². The molecule has 2 aromatic carbocycles. The van der Waals surface area contributed by atoms with E-state index in [1.807, 2.05) is 9.80 Å². The van der Waals surface area contributed by atoms with E-state index >= 15 is 0 Å². The van der Waals surface area contributed by atoms with Crippen molar-refractivity contribution in [3.05, 3.63) is 59.2 Å². The highest BCUT2D eigenvalue weighted by molar-refractivity contribution is 5.78. The first kappa shape index (κ1) is 20.5. The molecule has 2 heterocycles. The van der Waals surface area contributed by atoms with E-state index in [1.54, 1.807) is 6.07 Å². The highest BCUT2D eigenvalue weighted by Crippen LogP contribution is 2.33. The van der Waals surface area contributed by atoms with Gasteiger partial charge >= 0.3 is 12.4 Å². The summed E-state index contributed by atoms with van der Waals surface area (Å²) >= 11 is 0. The number of hydrogen-bond acceptors (Lipinski definition) is 3. The molecule has 1 N–H and O–H groups in total. The Labute approximate surface area is 168 Å². The van der Waals surface area contributed by atoms with Crippen LogP contribution in [-0.2, 0) is 18.9 Å². The summed E-state index contributed by atoms with van der Waals surface area (Å²) in [5, 5.41) is 0. The van der Waals surface area contributed by atoms with Crippen LogP contribution in [0.2, 0.25) is 0 Å². The predicted octanol–water partition coefficient (Wildman–Crippen LogP) is 4.92. The molecule has 0 aliphatic carbocycles. The van der Waals surface area contributed by atoms with Gasteiger partial charge in [0.05, 0.1) is 22.2 Å². The van der Waals surface area contributed by atoms with E-state index in [1.165, 1.54) is 18.2 Å². The van der Waals surface area contributed by atoms with Gasteiger partial charge in [0.15, 0.2) is 0 Å². The third-order valence-electron chi connectivity index (χ3n) is 5.19. The zero-order chi connectivity index (χ0) is 21.5. The van der Waals surface area contributed by atoms with Crippen LogP contribution in [0.4, 0.5) is 32.3 Å². The summed E-state index contributed by atoms with van der Waals surface area (Å²) in [5.74, 6) is 0.458. The van der Waals surface area contributed by atoms with E-state index in [-0.39, 0.29) is 12.1 Å². The highest BCUT2D eigenvalue weighted by Gasteiger charge is 2.34. The standard InChI is InChI=1S/C20H18F6N4/c21-19(22,23)14-5-6-16-17(11-14)28-18(27-16)30-9-7-29(8-10-30)12-13-3-1-2-4-15(13)20(24,25)26/h1-6,11H,7-10,12H2,(H,27,28). The van der Waals surface area contributed by atoms with Crippen molar-refractivity contribution in [2.24, 2.45) is 0 Å². The fourth-order valence-electron chi connectivity index (χ4n) is 3.62. The molecule has 160 valence electrons. The summed E-state index contributed by atoms with van der Waals surface area (Å²) in [6, 6.07) is 8.85. The molecular weight excluding hydrogens is 410 g/mol. The average molecular weight is 428 g/mol. The van der Waals surface area contributed by atoms with Gasteiger partial charge in [-0.3, -0.25) is 4.90 Å². The number of aromatic amines is 1. The Morgan fingerprint density at radius 1 is 0.867 bits per heavy atom. The molecule has 0 radical (unpaired) electrons. The van der Waals surface area contributed by atoms with E-state index in [2.05, 4.69) is 9.97 Å². The molecule has 0 saturated carbocycles. The molecule has 4 rings (SSSR count). The molecule has 10 heteroatoms. The minimum atomic E-state index is -4.43. The third-order valence-corrected chi connectivity index (χ3v) is 5.19. The number of alkyl halides is 6. The highest BCUT2D eigenvalue weighted by atomic mass is 19.4. The van der Waals surface area contributed by atoms with Crippen LogP contribution in [0, 0.1) is 0 Å². The SMILES string of the molecule is FC(F)(F)c1ccc2nc(N3CCN(Cc4ccccc4C(F)(F)F)CC3)[nH]c2c1. The maximum absolute atomic E-state index is 13.2. The van der Waals surface area contributed by atoms with Gasteiger partial charge in [-0.05, 0) is 29.8 Å². The lowest BCUT2D eigenvalue weighted by molar-refractivity contribution is -0.139. The van der Waals surface area contributed by atoms with Gasteiger partial charge < -0.3 is 9.88 Å². The molecule has 3 aromatic rings. The first-order valence-electron chi connectivity index (χ1n) is 9.30. The number of imidazole rings is 1. The van der Waals surface area contributed by atoms with Crippen molar-refractivity contribution in [3.63, 3.8) is 0 Å². The molecule has 0 bridgehead atoms. The van der Waals surface area contributed by atoms with Crippen molar-refractivity contribution in [2.75, 3.05) is 31.1 Å². The Kier molecular flexibility index (Phi) is 5.13. The van der Waals surface area contributed by atoms with Crippen molar-refractivity contribution in [3.8, 4) is 0 Å². The maximum atomic E-state index is 13.2. The number of piperazine rings is 1. The van der Waals surface area contributed by atoms with E-state index in [9.17, 15) is 26.3 Å². The molecule has 0 amide bonds.